The van der Waals surface area contributed by atoms with Gasteiger partial charge in [-0.15, -0.1) is 0 Å². The third kappa shape index (κ3) is 2.53. The van der Waals surface area contributed by atoms with Crippen molar-refractivity contribution in [1.29, 1.82) is 0 Å². The van der Waals surface area contributed by atoms with Crippen LogP contribution in [0.3, 0.4) is 0 Å². The summed E-state index contributed by atoms with van der Waals surface area (Å²) in [5.41, 5.74) is 1.94. The van der Waals surface area contributed by atoms with Gasteiger partial charge in [0.1, 0.15) is 11.6 Å². The Morgan fingerprint density at radius 1 is 1.32 bits per heavy atom. The summed E-state index contributed by atoms with van der Waals surface area (Å²) in [7, 11) is 1.12. The van der Waals surface area contributed by atoms with E-state index in [1.54, 1.807) is 0 Å². The zero-order chi connectivity index (χ0) is 14.9. The molecule has 1 N–H and O–H groups in total. The molecule has 3 aromatic heterocycles. The third-order valence-electron chi connectivity index (χ3n) is 4.04. The van der Waals surface area contributed by atoms with Gasteiger partial charge in [0.2, 0.25) is 0 Å². The molecule has 4 rings (SSSR count). The number of nitrogens with zero attached hydrogens (tertiary/aromatic N) is 4. The lowest BCUT2D eigenvalue weighted by Crippen LogP contribution is -2.20. The van der Waals surface area contributed by atoms with Crippen LogP contribution in [-0.4, -0.2) is 27.2 Å². The van der Waals surface area contributed by atoms with Gasteiger partial charge in [-0.3, -0.25) is 4.16 Å². The Morgan fingerprint density at radius 3 is 3.14 bits per heavy atom. The van der Waals surface area contributed by atoms with Crippen molar-refractivity contribution < 1.29 is 0 Å². The molecule has 0 spiro atoms. The number of pyridine rings is 1. The third-order valence-corrected chi connectivity index (χ3v) is 4.89. The molecule has 1 aliphatic heterocycles. The predicted molar refractivity (Wildman–Crippen MR) is 91.2 cm³/mol. The van der Waals surface area contributed by atoms with Gasteiger partial charge in [-0.05, 0) is 36.3 Å². The highest BCUT2D eigenvalue weighted by atomic mass is 31.0. The van der Waals surface area contributed by atoms with Crippen molar-refractivity contribution in [2.24, 2.45) is 5.92 Å². The van der Waals surface area contributed by atoms with Crippen molar-refractivity contribution in [1.82, 2.24) is 14.1 Å². The molecule has 0 bridgehead atoms. The predicted octanol–water partition coefficient (Wildman–Crippen LogP) is 3.90. The van der Waals surface area contributed by atoms with E-state index in [0.717, 1.165) is 50.3 Å². The van der Waals surface area contributed by atoms with Crippen LogP contribution in [0.15, 0.2) is 42.5 Å². The number of hydrogen-bond donors (Lipinski definition) is 1. The average Bonchev–Trinajstić information content (AvgIpc) is 3.17. The maximum Gasteiger partial charge on any atom is 0.164 e. The summed E-state index contributed by atoms with van der Waals surface area (Å²) < 4.78 is 2.09. The van der Waals surface area contributed by atoms with Gasteiger partial charge in [-0.25, -0.2) is 9.97 Å². The van der Waals surface area contributed by atoms with E-state index in [1.165, 1.54) is 6.42 Å². The van der Waals surface area contributed by atoms with Crippen LogP contribution in [0, 0.1) is 5.92 Å². The minimum Gasteiger partial charge on any atom is -0.356 e. The largest absolute Gasteiger partial charge is 0.356 e. The van der Waals surface area contributed by atoms with Gasteiger partial charge in [0.15, 0.2) is 5.65 Å². The Morgan fingerprint density at radius 2 is 2.27 bits per heavy atom. The van der Waals surface area contributed by atoms with Gasteiger partial charge < -0.3 is 10.2 Å². The second kappa shape index (κ2) is 5.58. The fraction of sp³-hybridized carbons (Fsp3) is 0.312. The monoisotopic (exact) mass is 311 g/mol. The molecule has 6 heteroatoms. The molecule has 112 valence electrons. The standard InChI is InChI=1S/C16H18N5P/c1-12-5-8-20(11-12)15-4-2-3-14(19-15)18-13-6-10-22-21-9-7-17-16(13)21/h2-4,6-7,9-10,12H,5,8,11H2,1H3,(H,18,19). The number of aromatic nitrogens is 3. The van der Waals surface area contributed by atoms with Gasteiger partial charge in [-0.1, -0.05) is 13.0 Å². The van der Waals surface area contributed by atoms with Crippen molar-refractivity contribution in [3.8, 4) is 0 Å². The Kier molecular flexibility index (Phi) is 3.43. The molecule has 0 radical (unpaired) electrons. The van der Waals surface area contributed by atoms with Crippen LogP contribution < -0.4 is 10.2 Å². The molecule has 3 aromatic rings. The Hall–Kier alpha value is -2.13. The zero-order valence-electron chi connectivity index (χ0n) is 12.5. The molecule has 1 fully saturated rings. The fourth-order valence-electron chi connectivity index (χ4n) is 2.88. The normalized spacial score (nSPS) is 18.4. The molecule has 1 saturated heterocycles. The molecular weight excluding hydrogens is 293 g/mol. The van der Waals surface area contributed by atoms with Crippen molar-refractivity contribution >= 4 is 31.3 Å². The second-order valence-corrected chi connectivity index (χ2v) is 6.75. The average molecular weight is 311 g/mol. The van der Waals surface area contributed by atoms with Gasteiger partial charge in [-0.2, -0.15) is 0 Å². The first-order valence-corrected chi connectivity index (χ1v) is 8.48. The number of fused-ring (bicyclic) bond motifs is 1. The number of hydrogen-bond acceptors (Lipinski definition) is 4. The molecule has 1 aliphatic rings. The molecule has 0 amide bonds. The summed E-state index contributed by atoms with van der Waals surface area (Å²) in [5, 5.41) is 3.40. The molecule has 0 aromatic carbocycles. The summed E-state index contributed by atoms with van der Waals surface area (Å²) in [4.78, 5) is 11.5. The lowest BCUT2D eigenvalue weighted by atomic mass is 10.2. The quantitative estimate of drug-likeness (QED) is 0.797. The summed E-state index contributed by atoms with van der Waals surface area (Å²) >= 11 is 0. The van der Waals surface area contributed by atoms with E-state index in [-0.39, 0.29) is 0 Å². The second-order valence-electron chi connectivity index (χ2n) is 5.79. The van der Waals surface area contributed by atoms with Crippen LogP contribution in [0.1, 0.15) is 13.3 Å². The topological polar surface area (TPSA) is 45.5 Å². The van der Waals surface area contributed by atoms with Crippen molar-refractivity contribution in [2.45, 2.75) is 13.3 Å². The van der Waals surface area contributed by atoms with E-state index in [4.69, 9.17) is 4.98 Å². The maximum atomic E-state index is 4.76. The summed E-state index contributed by atoms with van der Waals surface area (Å²) in [6, 6.07) is 8.22. The molecule has 4 heterocycles. The Bertz CT molecular complexity index is 800. The lowest BCUT2D eigenvalue weighted by Gasteiger charge is -2.18. The van der Waals surface area contributed by atoms with Gasteiger partial charge in [0.25, 0.3) is 0 Å². The van der Waals surface area contributed by atoms with E-state index in [0.29, 0.717) is 0 Å². The molecule has 5 nitrogen and oxygen atoms in total. The van der Waals surface area contributed by atoms with Crippen LogP contribution in [0.25, 0.3) is 5.65 Å². The minimum absolute atomic E-state index is 0.751. The van der Waals surface area contributed by atoms with E-state index in [1.807, 2.05) is 18.5 Å². The summed E-state index contributed by atoms with van der Waals surface area (Å²) in [6.07, 6.45) is 5.06. The molecule has 22 heavy (non-hydrogen) atoms. The van der Waals surface area contributed by atoms with E-state index < -0.39 is 0 Å². The zero-order valence-corrected chi connectivity index (χ0v) is 13.4. The van der Waals surface area contributed by atoms with Crippen LogP contribution in [-0.2, 0) is 0 Å². The van der Waals surface area contributed by atoms with Crippen LogP contribution in [0.5, 0.6) is 0 Å². The number of imidazole rings is 1. The maximum absolute atomic E-state index is 4.76. The lowest BCUT2D eigenvalue weighted by molar-refractivity contribution is 0.659. The van der Waals surface area contributed by atoms with Gasteiger partial charge in [0, 0.05) is 33.8 Å². The number of anilines is 3. The highest BCUT2D eigenvalue weighted by molar-refractivity contribution is 7.25. The summed E-state index contributed by atoms with van der Waals surface area (Å²) in [6.45, 7) is 4.48. The van der Waals surface area contributed by atoms with E-state index in [2.05, 4.69) is 50.3 Å². The molecule has 0 saturated carbocycles. The number of rotatable bonds is 3. The minimum atomic E-state index is 0.751. The van der Waals surface area contributed by atoms with Gasteiger partial charge in [0.05, 0.1) is 5.69 Å². The van der Waals surface area contributed by atoms with Crippen LogP contribution >= 0.6 is 8.35 Å². The van der Waals surface area contributed by atoms with Gasteiger partial charge >= 0.3 is 0 Å². The smallest absolute Gasteiger partial charge is 0.164 e. The van der Waals surface area contributed by atoms with Crippen molar-refractivity contribution in [2.75, 3.05) is 23.3 Å². The molecular formula is C16H18N5P. The fourth-order valence-corrected chi connectivity index (χ4v) is 3.65. The Balaban J connectivity index is 1.62. The highest BCUT2D eigenvalue weighted by Gasteiger charge is 2.19. The Labute approximate surface area is 131 Å². The molecule has 0 aliphatic carbocycles. The van der Waals surface area contributed by atoms with E-state index >= 15 is 0 Å². The molecule has 1 unspecified atom stereocenters. The van der Waals surface area contributed by atoms with Crippen LogP contribution in [0.2, 0.25) is 0 Å². The highest BCUT2D eigenvalue weighted by Crippen LogP contribution is 2.26. The molecule has 1 atom stereocenters. The first-order chi connectivity index (χ1) is 10.8. The van der Waals surface area contributed by atoms with Crippen molar-refractivity contribution in [3.05, 3.63) is 42.5 Å². The first-order valence-electron chi connectivity index (χ1n) is 7.57. The first kappa shape index (κ1) is 13.5. The SMILES string of the molecule is CC1CCN(c2cccc(Nc3ccpn4ccnc34)n2)C1. The number of nitrogens with one attached hydrogen (secondary N) is 1. The summed E-state index contributed by atoms with van der Waals surface area (Å²) in [5.74, 6) is 4.77. The van der Waals surface area contributed by atoms with Crippen LogP contribution in [0.4, 0.5) is 17.3 Å². The van der Waals surface area contributed by atoms with Crippen molar-refractivity contribution in [3.63, 3.8) is 0 Å². The van der Waals surface area contributed by atoms with E-state index in [9.17, 15) is 0 Å².